The fourth-order valence-electron chi connectivity index (χ4n) is 2.02. The monoisotopic (exact) mass is 193 g/mol. The third kappa shape index (κ3) is 1.91. The Bertz CT molecular complexity index is 274. The van der Waals surface area contributed by atoms with Gasteiger partial charge in [0.1, 0.15) is 0 Å². The maximum Gasteiger partial charge on any atom is 0.0653 e. The molecule has 2 rings (SSSR count). The van der Waals surface area contributed by atoms with Crippen molar-refractivity contribution in [2.75, 3.05) is 26.3 Å². The zero-order valence-corrected chi connectivity index (χ0v) is 9.10. The van der Waals surface area contributed by atoms with Gasteiger partial charge in [-0.25, -0.2) is 0 Å². The SMILES string of the molecule is C/C(C1=CCOCC1)=C(\C)C1CNC1. The number of allylic oxidation sites excluding steroid dienone is 1. The lowest BCUT2D eigenvalue weighted by Crippen LogP contribution is -2.42. The first-order valence-electron chi connectivity index (χ1n) is 5.44. The van der Waals surface area contributed by atoms with E-state index in [1.165, 1.54) is 11.1 Å². The molecule has 0 spiro atoms. The number of hydrogen-bond acceptors (Lipinski definition) is 2. The molecule has 0 unspecified atom stereocenters. The van der Waals surface area contributed by atoms with Crippen molar-refractivity contribution in [3.05, 3.63) is 22.8 Å². The van der Waals surface area contributed by atoms with Gasteiger partial charge in [0.15, 0.2) is 0 Å². The predicted octanol–water partition coefficient (Wildman–Crippen LogP) is 1.89. The van der Waals surface area contributed by atoms with Gasteiger partial charge in [0.25, 0.3) is 0 Å². The fraction of sp³-hybridized carbons (Fsp3) is 0.667. The van der Waals surface area contributed by atoms with Gasteiger partial charge in [0.05, 0.1) is 13.2 Å². The summed E-state index contributed by atoms with van der Waals surface area (Å²) in [6, 6.07) is 0. The topological polar surface area (TPSA) is 21.3 Å². The van der Waals surface area contributed by atoms with Gasteiger partial charge < -0.3 is 10.1 Å². The third-order valence-corrected chi connectivity index (χ3v) is 3.43. The third-order valence-electron chi connectivity index (χ3n) is 3.43. The molecule has 0 aromatic carbocycles. The van der Waals surface area contributed by atoms with Gasteiger partial charge in [-0.15, -0.1) is 0 Å². The molecular weight excluding hydrogens is 174 g/mol. The highest BCUT2D eigenvalue weighted by Gasteiger charge is 2.20. The summed E-state index contributed by atoms with van der Waals surface area (Å²) in [4.78, 5) is 0. The van der Waals surface area contributed by atoms with Crippen LogP contribution in [0.2, 0.25) is 0 Å². The summed E-state index contributed by atoms with van der Waals surface area (Å²) in [7, 11) is 0. The second-order valence-electron chi connectivity index (χ2n) is 4.22. The standard InChI is InChI=1S/C12H19NO/c1-9(10(2)12-7-13-8-12)11-3-5-14-6-4-11/h3,12-13H,4-8H2,1-2H3/b10-9-. The van der Waals surface area contributed by atoms with E-state index in [9.17, 15) is 0 Å². The lowest BCUT2D eigenvalue weighted by atomic mass is 9.87. The molecule has 0 amide bonds. The summed E-state index contributed by atoms with van der Waals surface area (Å²) in [5.41, 5.74) is 4.57. The Morgan fingerprint density at radius 3 is 2.71 bits per heavy atom. The Kier molecular flexibility index (Phi) is 3.04. The van der Waals surface area contributed by atoms with E-state index in [0.717, 1.165) is 38.6 Å². The quantitative estimate of drug-likeness (QED) is 0.723. The minimum Gasteiger partial charge on any atom is -0.377 e. The molecule has 0 aliphatic carbocycles. The van der Waals surface area contributed by atoms with E-state index in [4.69, 9.17) is 4.74 Å². The molecular formula is C12H19NO. The van der Waals surface area contributed by atoms with Crippen LogP contribution in [0.4, 0.5) is 0 Å². The molecule has 1 saturated heterocycles. The molecule has 0 aromatic rings. The van der Waals surface area contributed by atoms with Crippen molar-refractivity contribution in [1.29, 1.82) is 0 Å². The second-order valence-corrected chi connectivity index (χ2v) is 4.22. The Balaban J connectivity index is 2.10. The van der Waals surface area contributed by atoms with Gasteiger partial charge in [0.2, 0.25) is 0 Å². The maximum atomic E-state index is 5.32. The van der Waals surface area contributed by atoms with Crippen LogP contribution in [-0.4, -0.2) is 26.3 Å². The van der Waals surface area contributed by atoms with E-state index in [0.29, 0.717) is 0 Å². The Morgan fingerprint density at radius 1 is 1.43 bits per heavy atom. The van der Waals surface area contributed by atoms with E-state index in [2.05, 4.69) is 25.2 Å². The number of rotatable bonds is 2. The first kappa shape index (κ1) is 9.94. The molecule has 0 aromatic heterocycles. The van der Waals surface area contributed by atoms with Crippen LogP contribution in [0.3, 0.4) is 0 Å². The molecule has 0 atom stereocenters. The van der Waals surface area contributed by atoms with Crippen LogP contribution >= 0.6 is 0 Å². The first-order valence-corrected chi connectivity index (χ1v) is 5.44. The summed E-state index contributed by atoms with van der Waals surface area (Å²) in [6.45, 7) is 8.53. The van der Waals surface area contributed by atoms with E-state index < -0.39 is 0 Å². The van der Waals surface area contributed by atoms with Crippen LogP contribution in [0.25, 0.3) is 0 Å². The number of nitrogens with one attached hydrogen (secondary N) is 1. The van der Waals surface area contributed by atoms with Gasteiger partial charge >= 0.3 is 0 Å². The van der Waals surface area contributed by atoms with E-state index >= 15 is 0 Å². The Morgan fingerprint density at radius 2 is 2.21 bits per heavy atom. The second kappa shape index (κ2) is 4.28. The number of ether oxygens (including phenoxy) is 1. The molecule has 2 aliphatic rings. The normalized spacial score (nSPS) is 25.1. The van der Waals surface area contributed by atoms with Crippen molar-refractivity contribution in [2.45, 2.75) is 20.3 Å². The van der Waals surface area contributed by atoms with Crippen molar-refractivity contribution in [3.8, 4) is 0 Å². The molecule has 2 aliphatic heterocycles. The molecule has 0 bridgehead atoms. The minimum absolute atomic E-state index is 0.777. The first-order chi connectivity index (χ1) is 6.79. The lowest BCUT2D eigenvalue weighted by molar-refractivity contribution is 0.155. The highest BCUT2D eigenvalue weighted by atomic mass is 16.5. The molecule has 78 valence electrons. The van der Waals surface area contributed by atoms with E-state index in [1.807, 2.05) is 0 Å². The van der Waals surface area contributed by atoms with Crippen LogP contribution in [0, 0.1) is 5.92 Å². The van der Waals surface area contributed by atoms with Crippen molar-refractivity contribution >= 4 is 0 Å². The smallest absolute Gasteiger partial charge is 0.0653 e. The lowest BCUT2D eigenvalue weighted by Gasteiger charge is -2.30. The van der Waals surface area contributed by atoms with Crippen molar-refractivity contribution in [1.82, 2.24) is 5.32 Å². The molecule has 2 nitrogen and oxygen atoms in total. The van der Waals surface area contributed by atoms with Crippen LogP contribution in [0.1, 0.15) is 20.3 Å². The molecule has 2 heterocycles. The average molecular weight is 193 g/mol. The summed E-state index contributed by atoms with van der Waals surface area (Å²) in [6.07, 6.45) is 3.32. The van der Waals surface area contributed by atoms with Crippen LogP contribution in [0.15, 0.2) is 22.8 Å². The van der Waals surface area contributed by atoms with Crippen molar-refractivity contribution in [2.24, 2.45) is 5.92 Å². The molecule has 1 N–H and O–H groups in total. The summed E-state index contributed by atoms with van der Waals surface area (Å²) >= 11 is 0. The highest BCUT2D eigenvalue weighted by molar-refractivity contribution is 5.35. The van der Waals surface area contributed by atoms with Crippen molar-refractivity contribution < 1.29 is 4.74 Å². The van der Waals surface area contributed by atoms with Gasteiger partial charge in [-0.1, -0.05) is 11.6 Å². The zero-order chi connectivity index (χ0) is 9.97. The van der Waals surface area contributed by atoms with Gasteiger partial charge in [-0.3, -0.25) is 0 Å². The summed E-state index contributed by atoms with van der Waals surface area (Å²) in [5, 5.41) is 3.32. The minimum atomic E-state index is 0.777. The van der Waals surface area contributed by atoms with Crippen molar-refractivity contribution in [3.63, 3.8) is 0 Å². The van der Waals surface area contributed by atoms with Crippen LogP contribution in [0.5, 0.6) is 0 Å². The van der Waals surface area contributed by atoms with Gasteiger partial charge in [0, 0.05) is 19.0 Å². The molecule has 0 radical (unpaired) electrons. The van der Waals surface area contributed by atoms with Gasteiger partial charge in [-0.05, 0) is 31.4 Å². The Hall–Kier alpha value is -0.600. The molecule has 1 fully saturated rings. The Labute approximate surface area is 86.0 Å². The fourth-order valence-corrected chi connectivity index (χ4v) is 2.02. The molecule has 2 heteroatoms. The summed E-state index contributed by atoms with van der Waals surface area (Å²) in [5.74, 6) is 0.777. The summed E-state index contributed by atoms with van der Waals surface area (Å²) < 4.78 is 5.32. The maximum absolute atomic E-state index is 5.32. The van der Waals surface area contributed by atoms with Gasteiger partial charge in [-0.2, -0.15) is 0 Å². The number of hydrogen-bond donors (Lipinski definition) is 1. The zero-order valence-electron chi connectivity index (χ0n) is 9.10. The largest absolute Gasteiger partial charge is 0.377 e. The highest BCUT2D eigenvalue weighted by Crippen LogP contribution is 2.26. The predicted molar refractivity (Wildman–Crippen MR) is 58.3 cm³/mol. The average Bonchev–Trinajstić information content (AvgIpc) is 2.15. The van der Waals surface area contributed by atoms with E-state index in [1.54, 1.807) is 5.57 Å². The molecule has 14 heavy (non-hydrogen) atoms. The van der Waals surface area contributed by atoms with Crippen LogP contribution < -0.4 is 5.32 Å². The van der Waals surface area contributed by atoms with Crippen LogP contribution in [-0.2, 0) is 4.74 Å². The van der Waals surface area contributed by atoms with E-state index in [-0.39, 0.29) is 0 Å². The molecule has 0 saturated carbocycles.